The van der Waals surface area contributed by atoms with Crippen molar-refractivity contribution in [3.63, 3.8) is 0 Å². The normalized spacial score (nSPS) is 21.6. The van der Waals surface area contributed by atoms with Crippen LogP contribution < -0.4 is 28.5 Å². The van der Waals surface area contributed by atoms with Gasteiger partial charge in [0.25, 0.3) is 0 Å². The van der Waals surface area contributed by atoms with Crippen molar-refractivity contribution in [2.75, 3.05) is 13.2 Å². The zero-order valence-electron chi connectivity index (χ0n) is 12.3. The highest BCUT2D eigenvalue weighted by molar-refractivity contribution is 5.27. The van der Waals surface area contributed by atoms with Crippen LogP contribution in [-0.4, -0.2) is 13.2 Å². The number of pyridine rings is 1. The van der Waals surface area contributed by atoms with Crippen molar-refractivity contribution in [3.8, 4) is 0 Å². The van der Waals surface area contributed by atoms with E-state index in [1.54, 1.807) is 0 Å². The van der Waals surface area contributed by atoms with E-state index < -0.39 is 0 Å². The minimum Gasteiger partial charge on any atom is -1.00 e. The van der Waals surface area contributed by atoms with Gasteiger partial charge in [-0.1, -0.05) is 30.3 Å². The molecular formula is C17H20INO2. The van der Waals surface area contributed by atoms with E-state index in [9.17, 15) is 0 Å². The van der Waals surface area contributed by atoms with E-state index in [4.69, 9.17) is 9.47 Å². The number of nitrogens with zero attached hydrogens (tertiary/aromatic N) is 1. The van der Waals surface area contributed by atoms with E-state index in [1.165, 1.54) is 11.3 Å². The summed E-state index contributed by atoms with van der Waals surface area (Å²) in [6.07, 6.45) is 1.82. The molecule has 4 heteroatoms. The fourth-order valence-corrected chi connectivity index (χ4v) is 2.67. The van der Waals surface area contributed by atoms with E-state index in [2.05, 4.69) is 49.0 Å². The van der Waals surface area contributed by atoms with Crippen molar-refractivity contribution in [3.05, 3.63) is 65.5 Å². The number of benzene rings is 1. The van der Waals surface area contributed by atoms with Crippen molar-refractivity contribution in [1.29, 1.82) is 0 Å². The molecule has 1 fully saturated rings. The lowest BCUT2D eigenvalue weighted by molar-refractivity contribution is -0.681. The Balaban J connectivity index is 0.00000161. The first-order valence-corrected chi connectivity index (χ1v) is 6.99. The zero-order valence-corrected chi connectivity index (χ0v) is 14.5. The number of halogens is 1. The summed E-state index contributed by atoms with van der Waals surface area (Å²) >= 11 is 0. The maximum Gasteiger partial charge on any atom is 0.188 e. The minimum absolute atomic E-state index is 0. The van der Waals surface area contributed by atoms with Crippen LogP contribution in [0.2, 0.25) is 0 Å². The Morgan fingerprint density at radius 3 is 2.33 bits per heavy atom. The van der Waals surface area contributed by atoms with Gasteiger partial charge in [0.2, 0.25) is 0 Å². The molecule has 0 saturated carbocycles. The van der Waals surface area contributed by atoms with Gasteiger partial charge in [-0.15, -0.1) is 0 Å². The molecule has 1 aliphatic rings. The molecule has 0 radical (unpaired) electrons. The minimum atomic E-state index is -0.235. The maximum atomic E-state index is 5.93. The molecule has 0 bridgehead atoms. The molecule has 3 rings (SSSR count). The van der Waals surface area contributed by atoms with Crippen molar-refractivity contribution in [2.24, 2.45) is 7.05 Å². The summed E-state index contributed by atoms with van der Waals surface area (Å²) < 4.78 is 14.0. The summed E-state index contributed by atoms with van der Waals surface area (Å²) in [6.45, 7) is 3.47. The van der Waals surface area contributed by atoms with Gasteiger partial charge in [0.1, 0.15) is 7.05 Å². The summed E-state index contributed by atoms with van der Waals surface area (Å²) in [5.74, 6) is 0.293. The Hall–Kier alpha value is -0.980. The van der Waals surface area contributed by atoms with Crippen LogP contribution in [0.25, 0.3) is 0 Å². The second-order valence-electron chi connectivity index (χ2n) is 5.29. The number of hydrogen-bond acceptors (Lipinski definition) is 2. The van der Waals surface area contributed by atoms with E-state index in [1.807, 2.05) is 18.2 Å². The standard InChI is InChI=1S/C17H20NO2.HI/c1-13-7-3-4-8-15(13)17-19-11-14(12-20-17)16-9-5-6-10-18(16)2;/h3-10,14,17H,11-12H2,1-2H3;1H/q+1;/p-1. The van der Waals surface area contributed by atoms with Gasteiger partial charge in [0.05, 0.1) is 19.1 Å². The zero-order chi connectivity index (χ0) is 13.9. The number of aryl methyl sites for hydroxylation is 2. The van der Waals surface area contributed by atoms with Crippen LogP contribution in [0.3, 0.4) is 0 Å². The summed E-state index contributed by atoms with van der Waals surface area (Å²) in [6, 6.07) is 14.4. The van der Waals surface area contributed by atoms with Gasteiger partial charge in [-0.3, -0.25) is 0 Å². The average molecular weight is 397 g/mol. The predicted molar refractivity (Wildman–Crippen MR) is 76.2 cm³/mol. The summed E-state index contributed by atoms with van der Waals surface area (Å²) in [7, 11) is 2.06. The molecule has 1 aromatic carbocycles. The van der Waals surface area contributed by atoms with Crippen LogP contribution in [0, 0.1) is 6.92 Å². The molecule has 2 aromatic rings. The quantitative estimate of drug-likeness (QED) is 0.511. The molecule has 21 heavy (non-hydrogen) atoms. The van der Waals surface area contributed by atoms with E-state index in [0.717, 1.165) is 5.56 Å². The van der Waals surface area contributed by atoms with Crippen LogP contribution in [0.1, 0.15) is 29.0 Å². The number of ether oxygens (including phenoxy) is 2. The first kappa shape index (κ1) is 16.4. The summed E-state index contributed by atoms with van der Waals surface area (Å²) in [5, 5.41) is 0. The predicted octanol–water partition coefficient (Wildman–Crippen LogP) is -0.347. The van der Waals surface area contributed by atoms with Crippen LogP contribution in [0.4, 0.5) is 0 Å². The van der Waals surface area contributed by atoms with Gasteiger partial charge in [0.15, 0.2) is 18.2 Å². The lowest BCUT2D eigenvalue weighted by Gasteiger charge is -2.29. The maximum absolute atomic E-state index is 5.93. The Morgan fingerprint density at radius 2 is 1.67 bits per heavy atom. The molecular weight excluding hydrogens is 377 g/mol. The van der Waals surface area contributed by atoms with E-state index in [-0.39, 0.29) is 30.3 Å². The SMILES string of the molecule is Cc1ccccc1C1OCC(c2cccc[n+]2C)CO1.[I-]. The first-order valence-electron chi connectivity index (χ1n) is 6.99. The first-order chi connectivity index (χ1) is 9.75. The fourth-order valence-electron chi connectivity index (χ4n) is 2.67. The van der Waals surface area contributed by atoms with Crippen LogP contribution in [0.5, 0.6) is 0 Å². The topological polar surface area (TPSA) is 22.3 Å². The van der Waals surface area contributed by atoms with Gasteiger partial charge in [-0.25, -0.2) is 4.57 Å². The van der Waals surface area contributed by atoms with Gasteiger partial charge >= 0.3 is 0 Å². The van der Waals surface area contributed by atoms with Crippen LogP contribution in [-0.2, 0) is 16.5 Å². The lowest BCUT2D eigenvalue weighted by atomic mass is 10.0. The molecule has 1 aromatic heterocycles. The summed E-state index contributed by atoms with van der Waals surface area (Å²) in [5.41, 5.74) is 3.58. The summed E-state index contributed by atoms with van der Waals surface area (Å²) in [4.78, 5) is 0. The van der Waals surface area contributed by atoms with Gasteiger partial charge in [-0.05, 0) is 12.5 Å². The third kappa shape index (κ3) is 3.62. The molecule has 0 N–H and O–H groups in total. The molecule has 2 heterocycles. The molecule has 112 valence electrons. The number of rotatable bonds is 2. The Bertz CT molecular complexity index is 541. The Morgan fingerprint density at radius 1 is 1.00 bits per heavy atom. The Kier molecular flexibility index (Phi) is 5.72. The number of hydrogen-bond donors (Lipinski definition) is 0. The van der Waals surface area contributed by atoms with Crippen molar-refractivity contribution in [2.45, 2.75) is 19.1 Å². The largest absolute Gasteiger partial charge is 1.00 e. The van der Waals surface area contributed by atoms with E-state index >= 15 is 0 Å². The molecule has 3 nitrogen and oxygen atoms in total. The highest BCUT2D eigenvalue weighted by atomic mass is 127. The second kappa shape index (κ2) is 7.33. The lowest BCUT2D eigenvalue weighted by Crippen LogP contribution is -3.00. The third-order valence-corrected chi connectivity index (χ3v) is 3.85. The van der Waals surface area contributed by atoms with Gasteiger partial charge in [0, 0.05) is 17.7 Å². The monoisotopic (exact) mass is 397 g/mol. The van der Waals surface area contributed by atoms with E-state index in [0.29, 0.717) is 19.1 Å². The molecule has 0 unspecified atom stereocenters. The molecule has 0 atom stereocenters. The third-order valence-electron chi connectivity index (χ3n) is 3.85. The highest BCUT2D eigenvalue weighted by Crippen LogP contribution is 2.30. The highest BCUT2D eigenvalue weighted by Gasteiger charge is 2.29. The number of aromatic nitrogens is 1. The molecule has 0 spiro atoms. The van der Waals surface area contributed by atoms with Crippen LogP contribution in [0.15, 0.2) is 48.7 Å². The average Bonchev–Trinajstić information content (AvgIpc) is 2.49. The van der Waals surface area contributed by atoms with Gasteiger partial charge in [-0.2, -0.15) is 0 Å². The molecule has 0 aliphatic carbocycles. The molecule has 1 saturated heterocycles. The molecule has 1 aliphatic heterocycles. The molecule has 0 amide bonds. The van der Waals surface area contributed by atoms with Crippen molar-refractivity contribution in [1.82, 2.24) is 0 Å². The Labute approximate surface area is 142 Å². The van der Waals surface area contributed by atoms with Crippen molar-refractivity contribution < 1.29 is 38.0 Å². The fraction of sp³-hybridized carbons (Fsp3) is 0.353. The second-order valence-corrected chi connectivity index (χ2v) is 5.29. The van der Waals surface area contributed by atoms with Crippen LogP contribution >= 0.6 is 0 Å². The smallest absolute Gasteiger partial charge is 0.188 e. The van der Waals surface area contributed by atoms with Gasteiger partial charge < -0.3 is 33.5 Å². The van der Waals surface area contributed by atoms with Crippen molar-refractivity contribution >= 4 is 0 Å².